The molecule has 0 spiro atoms. The minimum Gasteiger partial charge on any atom is -0.493 e. The van der Waals surface area contributed by atoms with Crippen LogP contribution in [0.5, 0.6) is 5.75 Å². The predicted octanol–water partition coefficient (Wildman–Crippen LogP) is 0.960. The molecule has 0 aliphatic rings. The summed E-state index contributed by atoms with van der Waals surface area (Å²) in [5.74, 6) is -0.568. The Labute approximate surface area is 111 Å². The zero-order valence-corrected chi connectivity index (χ0v) is 11.1. The van der Waals surface area contributed by atoms with Crippen molar-refractivity contribution in [3.8, 4) is 5.75 Å². The van der Waals surface area contributed by atoms with E-state index in [1.54, 1.807) is 25.1 Å². The van der Waals surface area contributed by atoms with Crippen LogP contribution in [0.4, 0.5) is 5.69 Å². The van der Waals surface area contributed by atoms with E-state index in [2.05, 4.69) is 5.32 Å². The summed E-state index contributed by atoms with van der Waals surface area (Å²) in [5.41, 5.74) is 6.29. The Balaban J connectivity index is 2.78. The molecule has 1 aromatic carbocycles. The highest BCUT2D eigenvalue weighted by Crippen LogP contribution is 2.24. The molecule has 0 bridgehead atoms. The Morgan fingerprint density at radius 2 is 2.00 bits per heavy atom. The number of nitrogens with two attached hydrogens (primary N) is 1. The van der Waals surface area contributed by atoms with E-state index < -0.39 is 11.9 Å². The molecular formula is C13H18N2O4. The summed E-state index contributed by atoms with van der Waals surface area (Å²) in [6, 6.07) is 4.95. The zero-order chi connectivity index (χ0) is 14.3. The van der Waals surface area contributed by atoms with E-state index in [4.69, 9.17) is 15.2 Å². The van der Waals surface area contributed by atoms with Crippen molar-refractivity contribution in [2.24, 2.45) is 0 Å². The fourth-order valence-electron chi connectivity index (χ4n) is 1.52. The van der Waals surface area contributed by atoms with Crippen LogP contribution < -0.4 is 15.8 Å². The highest BCUT2D eigenvalue weighted by atomic mass is 16.5. The molecule has 0 saturated carbocycles. The van der Waals surface area contributed by atoms with Gasteiger partial charge in [-0.2, -0.15) is 0 Å². The van der Waals surface area contributed by atoms with E-state index >= 15 is 0 Å². The number of esters is 1. The maximum atomic E-state index is 12.0. The Bertz CT molecular complexity index is 460. The molecule has 0 aliphatic carbocycles. The van der Waals surface area contributed by atoms with Crippen molar-refractivity contribution in [2.45, 2.75) is 13.8 Å². The van der Waals surface area contributed by atoms with Gasteiger partial charge < -0.3 is 20.5 Å². The minimum atomic E-state index is -0.497. The van der Waals surface area contributed by atoms with Crippen molar-refractivity contribution in [2.75, 3.05) is 25.5 Å². The molecule has 0 fully saturated rings. The van der Waals surface area contributed by atoms with Gasteiger partial charge in [0.1, 0.15) is 17.9 Å². The second kappa shape index (κ2) is 7.25. The third-order valence-electron chi connectivity index (χ3n) is 2.28. The van der Waals surface area contributed by atoms with Gasteiger partial charge in [-0.1, -0.05) is 6.07 Å². The first-order valence-corrected chi connectivity index (χ1v) is 6.05. The van der Waals surface area contributed by atoms with Crippen LogP contribution in [-0.4, -0.2) is 31.6 Å². The number of rotatable bonds is 6. The maximum absolute atomic E-state index is 12.0. The molecule has 6 nitrogen and oxygen atoms in total. The lowest BCUT2D eigenvalue weighted by Gasteiger charge is -2.12. The third-order valence-corrected chi connectivity index (χ3v) is 2.28. The highest BCUT2D eigenvalue weighted by Gasteiger charge is 2.16. The molecule has 3 N–H and O–H groups in total. The largest absolute Gasteiger partial charge is 0.493 e. The summed E-state index contributed by atoms with van der Waals surface area (Å²) >= 11 is 0. The van der Waals surface area contributed by atoms with Crippen LogP contribution in [0.15, 0.2) is 18.2 Å². The SMILES string of the molecule is CCOC(=O)CNC(=O)c1c(N)cccc1OCC. The molecule has 104 valence electrons. The Morgan fingerprint density at radius 1 is 1.26 bits per heavy atom. The topological polar surface area (TPSA) is 90.7 Å². The summed E-state index contributed by atoms with van der Waals surface area (Å²) in [4.78, 5) is 23.2. The Hall–Kier alpha value is -2.24. The lowest BCUT2D eigenvalue weighted by molar-refractivity contribution is -0.141. The third kappa shape index (κ3) is 4.17. The van der Waals surface area contributed by atoms with E-state index in [1.807, 2.05) is 6.92 Å². The molecule has 1 aromatic rings. The van der Waals surface area contributed by atoms with E-state index in [0.717, 1.165) is 0 Å². The van der Waals surface area contributed by atoms with Crippen molar-refractivity contribution >= 4 is 17.6 Å². The molecule has 1 rings (SSSR count). The van der Waals surface area contributed by atoms with Gasteiger partial charge in [-0.15, -0.1) is 0 Å². The lowest BCUT2D eigenvalue weighted by Crippen LogP contribution is -2.31. The van der Waals surface area contributed by atoms with Crippen molar-refractivity contribution < 1.29 is 19.1 Å². The quantitative estimate of drug-likeness (QED) is 0.591. The highest BCUT2D eigenvalue weighted by molar-refractivity contribution is 6.02. The summed E-state index contributed by atoms with van der Waals surface area (Å²) in [5, 5.41) is 2.45. The maximum Gasteiger partial charge on any atom is 0.325 e. The summed E-state index contributed by atoms with van der Waals surface area (Å²) in [6.45, 7) is 3.99. The fourth-order valence-corrected chi connectivity index (χ4v) is 1.52. The number of anilines is 1. The average molecular weight is 266 g/mol. The van der Waals surface area contributed by atoms with Crippen molar-refractivity contribution in [1.82, 2.24) is 5.32 Å². The number of carbonyl (C=O) groups is 2. The van der Waals surface area contributed by atoms with Gasteiger partial charge in [0, 0.05) is 5.69 Å². The second-order valence-electron chi connectivity index (χ2n) is 3.64. The van der Waals surface area contributed by atoms with E-state index in [1.165, 1.54) is 0 Å². The van der Waals surface area contributed by atoms with Gasteiger partial charge in [-0.3, -0.25) is 9.59 Å². The van der Waals surface area contributed by atoms with Gasteiger partial charge in [0.05, 0.1) is 13.2 Å². The number of benzene rings is 1. The zero-order valence-electron chi connectivity index (χ0n) is 11.1. The number of hydrogen-bond acceptors (Lipinski definition) is 5. The van der Waals surface area contributed by atoms with E-state index in [-0.39, 0.29) is 18.7 Å². The van der Waals surface area contributed by atoms with Crippen molar-refractivity contribution in [3.63, 3.8) is 0 Å². The van der Waals surface area contributed by atoms with Crippen molar-refractivity contribution in [3.05, 3.63) is 23.8 Å². The lowest BCUT2D eigenvalue weighted by atomic mass is 10.1. The summed E-state index contributed by atoms with van der Waals surface area (Å²) in [7, 11) is 0. The van der Waals surface area contributed by atoms with Gasteiger partial charge in [-0.05, 0) is 26.0 Å². The molecule has 0 saturated heterocycles. The van der Waals surface area contributed by atoms with Gasteiger partial charge in [0.2, 0.25) is 0 Å². The number of nitrogens with one attached hydrogen (secondary N) is 1. The fraction of sp³-hybridized carbons (Fsp3) is 0.385. The minimum absolute atomic E-state index is 0.202. The smallest absolute Gasteiger partial charge is 0.325 e. The first kappa shape index (κ1) is 14.8. The molecule has 0 unspecified atom stereocenters. The first-order chi connectivity index (χ1) is 9.10. The molecule has 0 aliphatic heterocycles. The molecule has 19 heavy (non-hydrogen) atoms. The summed E-state index contributed by atoms with van der Waals surface area (Å²) < 4.78 is 10.1. The number of carbonyl (C=O) groups excluding carboxylic acids is 2. The van der Waals surface area contributed by atoms with Crippen LogP contribution >= 0.6 is 0 Å². The molecule has 0 aromatic heterocycles. The Kier molecular flexibility index (Phi) is 5.66. The monoisotopic (exact) mass is 266 g/mol. The number of nitrogen functional groups attached to an aromatic ring is 1. The van der Waals surface area contributed by atoms with Crippen LogP contribution in [0.3, 0.4) is 0 Å². The summed E-state index contributed by atoms with van der Waals surface area (Å²) in [6.07, 6.45) is 0. The van der Waals surface area contributed by atoms with Gasteiger partial charge in [0.25, 0.3) is 5.91 Å². The number of hydrogen-bond donors (Lipinski definition) is 2. The van der Waals surface area contributed by atoms with Crippen LogP contribution in [0.1, 0.15) is 24.2 Å². The first-order valence-electron chi connectivity index (χ1n) is 6.05. The van der Waals surface area contributed by atoms with Gasteiger partial charge >= 0.3 is 5.97 Å². The molecule has 0 heterocycles. The second-order valence-corrected chi connectivity index (χ2v) is 3.64. The molecule has 0 radical (unpaired) electrons. The molecular weight excluding hydrogens is 248 g/mol. The molecule has 0 atom stereocenters. The van der Waals surface area contributed by atoms with Crippen LogP contribution in [0.25, 0.3) is 0 Å². The van der Waals surface area contributed by atoms with Gasteiger partial charge in [0.15, 0.2) is 0 Å². The van der Waals surface area contributed by atoms with E-state index in [9.17, 15) is 9.59 Å². The van der Waals surface area contributed by atoms with E-state index in [0.29, 0.717) is 18.0 Å². The molecule has 6 heteroatoms. The number of ether oxygens (including phenoxy) is 2. The van der Waals surface area contributed by atoms with Gasteiger partial charge in [-0.25, -0.2) is 0 Å². The van der Waals surface area contributed by atoms with Crippen molar-refractivity contribution in [1.29, 1.82) is 0 Å². The average Bonchev–Trinajstić information content (AvgIpc) is 2.37. The predicted molar refractivity (Wildman–Crippen MR) is 71.0 cm³/mol. The number of amides is 1. The van der Waals surface area contributed by atoms with Crippen LogP contribution in [-0.2, 0) is 9.53 Å². The standard InChI is InChI=1S/C13H18N2O4/c1-3-18-10-7-5-6-9(14)12(10)13(17)15-8-11(16)19-4-2/h5-7H,3-4,8,14H2,1-2H3,(H,15,17). The van der Waals surface area contributed by atoms with Crippen LogP contribution in [0.2, 0.25) is 0 Å². The molecule has 1 amide bonds. The Morgan fingerprint density at radius 3 is 2.63 bits per heavy atom. The normalized spacial score (nSPS) is 9.79. The van der Waals surface area contributed by atoms with Crippen LogP contribution in [0, 0.1) is 0 Å².